The Morgan fingerprint density at radius 2 is 1.85 bits per heavy atom. The molecule has 0 aromatic heterocycles. The molecule has 0 radical (unpaired) electrons. The molecule has 2 heterocycles. The molecule has 0 unspecified atom stereocenters. The van der Waals surface area contributed by atoms with Gasteiger partial charge in [0.15, 0.2) is 0 Å². The fraction of sp³-hybridized carbons (Fsp3) is 0.812. The van der Waals surface area contributed by atoms with E-state index in [4.69, 9.17) is 9.47 Å². The average molecular weight is 282 g/mol. The Morgan fingerprint density at radius 3 is 2.40 bits per heavy atom. The zero-order valence-corrected chi connectivity index (χ0v) is 13.2. The van der Waals surface area contributed by atoms with Crippen LogP contribution in [0.1, 0.15) is 53.4 Å². The number of hydrogen-bond donors (Lipinski definition) is 0. The number of carbonyl (C=O) groups excluding carboxylic acids is 1. The van der Waals surface area contributed by atoms with Crippen LogP contribution in [0.2, 0.25) is 0 Å². The maximum absolute atomic E-state index is 11.1. The molecule has 0 aromatic rings. The van der Waals surface area contributed by atoms with Crippen molar-refractivity contribution in [3.63, 3.8) is 0 Å². The highest BCUT2D eigenvalue weighted by Gasteiger charge is 2.54. The van der Waals surface area contributed by atoms with E-state index < -0.39 is 0 Å². The number of allylic oxidation sites excluding steroid dienone is 1. The summed E-state index contributed by atoms with van der Waals surface area (Å²) in [5.74, 6) is -0.282. The number of esters is 1. The standard InChI is InChI=1S/C16H26O4/c1-11(10-14(17)18-5)6-7-13-16(4,20-13)9-8-12-15(2,3)19-12/h10,12-13H,6-9H2,1-5H3/b11-10+/t12-,13-,16-/m1/s1. The molecule has 0 N–H and O–H groups in total. The first-order valence-corrected chi connectivity index (χ1v) is 7.37. The highest BCUT2D eigenvalue weighted by molar-refractivity contribution is 5.82. The second-order valence-electron chi connectivity index (χ2n) is 6.72. The Kier molecular flexibility index (Phi) is 4.26. The Balaban J connectivity index is 1.66. The molecular formula is C16H26O4. The average Bonchev–Trinajstić information content (AvgIpc) is 3.21. The van der Waals surface area contributed by atoms with Crippen molar-refractivity contribution in [1.29, 1.82) is 0 Å². The summed E-state index contributed by atoms with van der Waals surface area (Å²) in [4.78, 5) is 11.1. The molecule has 2 aliphatic rings. The molecule has 4 heteroatoms. The summed E-state index contributed by atoms with van der Waals surface area (Å²) in [7, 11) is 1.40. The maximum Gasteiger partial charge on any atom is 0.330 e. The Hall–Kier alpha value is -0.870. The fourth-order valence-corrected chi connectivity index (χ4v) is 2.72. The van der Waals surface area contributed by atoms with Gasteiger partial charge in [0, 0.05) is 6.08 Å². The second kappa shape index (κ2) is 5.49. The van der Waals surface area contributed by atoms with Gasteiger partial charge in [-0.3, -0.25) is 0 Å². The summed E-state index contributed by atoms with van der Waals surface area (Å²) in [6.07, 6.45) is 6.21. The van der Waals surface area contributed by atoms with E-state index in [1.54, 1.807) is 6.08 Å². The third kappa shape index (κ3) is 3.83. The van der Waals surface area contributed by atoms with E-state index in [-0.39, 0.29) is 17.2 Å². The van der Waals surface area contributed by atoms with Gasteiger partial charge in [-0.2, -0.15) is 0 Å². The van der Waals surface area contributed by atoms with Gasteiger partial charge in [0.2, 0.25) is 0 Å². The van der Waals surface area contributed by atoms with E-state index in [1.807, 2.05) is 6.92 Å². The van der Waals surface area contributed by atoms with Gasteiger partial charge in [-0.1, -0.05) is 5.57 Å². The minimum Gasteiger partial charge on any atom is -0.466 e. The molecule has 2 aliphatic heterocycles. The van der Waals surface area contributed by atoms with Gasteiger partial charge in [-0.15, -0.1) is 0 Å². The van der Waals surface area contributed by atoms with Crippen molar-refractivity contribution in [2.45, 2.75) is 76.8 Å². The van der Waals surface area contributed by atoms with Crippen molar-refractivity contribution in [2.24, 2.45) is 0 Å². The van der Waals surface area contributed by atoms with Crippen molar-refractivity contribution in [2.75, 3.05) is 7.11 Å². The molecule has 2 rings (SSSR count). The van der Waals surface area contributed by atoms with Gasteiger partial charge >= 0.3 is 5.97 Å². The van der Waals surface area contributed by atoms with Gasteiger partial charge in [0.25, 0.3) is 0 Å². The highest BCUT2D eigenvalue weighted by atomic mass is 16.6. The van der Waals surface area contributed by atoms with Gasteiger partial charge in [0.05, 0.1) is 30.5 Å². The highest BCUT2D eigenvalue weighted by Crippen LogP contribution is 2.47. The molecular weight excluding hydrogens is 256 g/mol. The molecule has 20 heavy (non-hydrogen) atoms. The van der Waals surface area contributed by atoms with Crippen molar-refractivity contribution in [3.05, 3.63) is 11.6 Å². The van der Waals surface area contributed by atoms with Crippen LogP contribution in [0.15, 0.2) is 11.6 Å². The topological polar surface area (TPSA) is 51.4 Å². The van der Waals surface area contributed by atoms with Crippen LogP contribution < -0.4 is 0 Å². The minimum absolute atomic E-state index is 0.00752. The van der Waals surface area contributed by atoms with E-state index in [1.165, 1.54) is 7.11 Å². The summed E-state index contributed by atoms with van der Waals surface area (Å²) in [5.41, 5.74) is 1.12. The lowest BCUT2D eigenvalue weighted by molar-refractivity contribution is -0.134. The first-order chi connectivity index (χ1) is 9.27. The molecule has 0 aromatic carbocycles. The number of methoxy groups -OCH3 is 1. The van der Waals surface area contributed by atoms with Crippen LogP contribution >= 0.6 is 0 Å². The predicted molar refractivity (Wildman–Crippen MR) is 76.5 cm³/mol. The molecule has 0 amide bonds. The van der Waals surface area contributed by atoms with Crippen molar-refractivity contribution < 1.29 is 19.0 Å². The molecule has 2 saturated heterocycles. The molecule has 3 atom stereocenters. The monoisotopic (exact) mass is 282 g/mol. The lowest BCUT2D eigenvalue weighted by atomic mass is 9.94. The number of epoxide rings is 2. The maximum atomic E-state index is 11.1. The lowest BCUT2D eigenvalue weighted by Gasteiger charge is -2.05. The molecule has 0 bridgehead atoms. The first kappa shape index (κ1) is 15.5. The van der Waals surface area contributed by atoms with E-state index in [0.717, 1.165) is 31.3 Å². The van der Waals surface area contributed by atoms with Crippen molar-refractivity contribution >= 4 is 5.97 Å². The third-order valence-electron chi connectivity index (χ3n) is 4.47. The Morgan fingerprint density at radius 1 is 1.20 bits per heavy atom. The van der Waals surface area contributed by atoms with Crippen molar-refractivity contribution in [3.8, 4) is 0 Å². The lowest BCUT2D eigenvalue weighted by Crippen LogP contribution is -2.13. The summed E-state index contributed by atoms with van der Waals surface area (Å²) in [6, 6.07) is 0. The van der Waals surface area contributed by atoms with Crippen LogP contribution in [0, 0.1) is 0 Å². The Labute approximate surface area is 121 Å². The van der Waals surface area contributed by atoms with Crippen LogP contribution in [0.3, 0.4) is 0 Å². The first-order valence-electron chi connectivity index (χ1n) is 7.37. The van der Waals surface area contributed by atoms with Crippen molar-refractivity contribution in [1.82, 2.24) is 0 Å². The van der Waals surface area contributed by atoms with Gasteiger partial charge < -0.3 is 14.2 Å². The summed E-state index contributed by atoms with van der Waals surface area (Å²) >= 11 is 0. The number of rotatable bonds is 7. The quantitative estimate of drug-likeness (QED) is 0.409. The Bertz CT molecular complexity index is 413. The second-order valence-corrected chi connectivity index (χ2v) is 6.72. The van der Waals surface area contributed by atoms with Crippen LogP contribution in [0.25, 0.3) is 0 Å². The predicted octanol–water partition coefficient (Wildman–Crippen LogP) is 3.00. The molecule has 0 aliphatic carbocycles. The third-order valence-corrected chi connectivity index (χ3v) is 4.47. The largest absolute Gasteiger partial charge is 0.466 e. The van der Waals surface area contributed by atoms with Crippen LogP contribution in [-0.2, 0) is 19.0 Å². The number of hydrogen-bond acceptors (Lipinski definition) is 4. The van der Waals surface area contributed by atoms with E-state index in [9.17, 15) is 4.79 Å². The molecule has 4 nitrogen and oxygen atoms in total. The van der Waals surface area contributed by atoms with Crippen LogP contribution in [-0.4, -0.2) is 36.5 Å². The SMILES string of the molecule is COC(=O)/C=C(\C)CC[C@H]1O[C@]1(C)CC[C@H]1OC1(C)C. The molecule has 0 spiro atoms. The van der Waals surface area contributed by atoms with E-state index >= 15 is 0 Å². The van der Waals surface area contributed by atoms with Gasteiger partial charge in [-0.05, 0) is 53.4 Å². The summed E-state index contributed by atoms with van der Waals surface area (Å²) in [5, 5.41) is 0. The summed E-state index contributed by atoms with van der Waals surface area (Å²) < 4.78 is 16.0. The van der Waals surface area contributed by atoms with Crippen LogP contribution in [0.5, 0.6) is 0 Å². The molecule has 2 fully saturated rings. The zero-order valence-electron chi connectivity index (χ0n) is 13.2. The number of ether oxygens (including phenoxy) is 3. The zero-order chi connectivity index (χ0) is 15.0. The van der Waals surface area contributed by atoms with Gasteiger partial charge in [-0.25, -0.2) is 4.79 Å². The fourth-order valence-electron chi connectivity index (χ4n) is 2.72. The molecule has 114 valence electrons. The molecule has 0 saturated carbocycles. The number of carbonyl (C=O) groups is 1. The van der Waals surface area contributed by atoms with Gasteiger partial charge in [0.1, 0.15) is 0 Å². The smallest absolute Gasteiger partial charge is 0.330 e. The van der Waals surface area contributed by atoms with Crippen LogP contribution in [0.4, 0.5) is 0 Å². The van der Waals surface area contributed by atoms with E-state index in [2.05, 4.69) is 25.5 Å². The minimum atomic E-state index is -0.282. The normalized spacial score (nSPS) is 34.8. The van der Waals surface area contributed by atoms with E-state index in [0.29, 0.717) is 12.2 Å². The summed E-state index contributed by atoms with van der Waals surface area (Å²) in [6.45, 7) is 8.39.